The van der Waals surface area contributed by atoms with Gasteiger partial charge in [0.25, 0.3) is 0 Å². The lowest BCUT2D eigenvalue weighted by Gasteiger charge is -2.26. The van der Waals surface area contributed by atoms with E-state index in [0.29, 0.717) is 18.7 Å². The molecule has 1 amide bonds. The third-order valence-electron chi connectivity index (χ3n) is 3.65. The van der Waals surface area contributed by atoms with Crippen LogP contribution in [0.1, 0.15) is 27.2 Å². The van der Waals surface area contributed by atoms with Gasteiger partial charge in [-0.1, -0.05) is 15.9 Å². The van der Waals surface area contributed by atoms with E-state index < -0.39 is 11.7 Å². The number of nitrogens with zero attached hydrogens (tertiary/aromatic N) is 1. The number of nitrogens with two attached hydrogens (primary N) is 1. The molecule has 4 N–H and O–H groups in total. The van der Waals surface area contributed by atoms with Crippen LogP contribution in [0, 0.1) is 0 Å². The fourth-order valence-electron chi connectivity index (χ4n) is 2.73. The Labute approximate surface area is 145 Å². The average molecular weight is 386 g/mol. The summed E-state index contributed by atoms with van der Waals surface area (Å²) in [7, 11) is 0. The fraction of sp³-hybridized carbons (Fsp3) is 0.562. The van der Waals surface area contributed by atoms with Crippen LogP contribution in [0.3, 0.4) is 0 Å². The first-order valence-electron chi connectivity index (χ1n) is 7.61. The molecule has 128 valence electrons. The number of aliphatic hydroxyl groups excluding tert-OH is 1. The average Bonchev–Trinajstić information content (AvgIpc) is 2.82. The zero-order chi connectivity index (χ0) is 17.2. The van der Waals surface area contributed by atoms with E-state index in [1.165, 1.54) is 0 Å². The van der Waals surface area contributed by atoms with Crippen LogP contribution in [0.25, 0.3) is 0 Å². The van der Waals surface area contributed by atoms with E-state index in [1.807, 2.05) is 43.9 Å². The highest BCUT2D eigenvalue weighted by atomic mass is 79.9. The number of hydrogen-bond acceptors (Lipinski definition) is 5. The van der Waals surface area contributed by atoms with Crippen molar-refractivity contribution in [3.63, 3.8) is 0 Å². The maximum atomic E-state index is 11.9. The van der Waals surface area contributed by atoms with Crippen molar-refractivity contribution in [1.29, 1.82) is 0 Å². The number of alkyl carbamates (subject to hydrolysis) is 1. The molecule has 23 heavy (non-hydrogen) atoms. The van der Waals surface area contributed by atoms with Crippen LogP contribution in [0.2, 0.25) is 0 Å². The van der Waals surface area contributed by atoms with Crippen molar-refractivity contribution in [2.24, 2.45) is 0 Å². The number of carbonyl (C=O) groups excluding carboxylic acids is 1. The Bertz CT molecular complexity index is 574. The lowest BCUT2D eigenvalue weighted by atomic mass is 10.1. The molecule has 0 aromatic heterocycles. The molecule has 1 aliphatic rings. The first kappa shape index (κ1) is 17.9. The van der Waals surface area contributed by atoms with Gasteiger partial charge < -0.3 is 25.8 Å². The zero-order valence-electron chi connectivity index (χ0n) is 13.7. The van der Waals surface area contributed by atoms with Gasteiger partial charge in [-0.3, -0.25) is 0 Å². The van der Waals surface area contributed by atoms with Crippen LogP contribution in [0.4, 0.5) is 16.2 Å². The Morgan fingerprint density at radius 1 is 1.52 bits per heavy atom. The highest BCUT2D eigenvalue weighted by Gasteiger charge is 2.34. The van der Waals surface area contributed by atoms with Gasteiger partial charge in [0.05, 0.1) is 30.1 Å². The fourth-order valence-corrected chi connectivity index (χ4v) is 3.08. The second-order valence-electron chi connectivity index (χ2n) is 6.77. The van der Waals surface area contributed by atoms with Gasteiger partial charge in [0.2, 0.25) is 0 Å². The van der Waals surface area contributed by atoms with Crippen molar-refractivity contribution >= 4 is 33.4 Å². The Hall–Kier alpha value is -1.47. The lowest BCUT2D eigenvalue weighted by molar-refractivity contribution is 0.0507. The molecule has 0 aliphatic carbocycles. The van der Waals surface area contributed by atoms with Crippen molar-refractivity contribution in [3.8, 4) is 0 Å². The predicted molar refractivity (Wildman–Crippen MR) is 94.5 cm³/mol. The molecule has 7 heteroatoms. The number of anilines is 2. The summed E-state index contributed by atoms with van der Waals surface area (Å²) in [6, 6.07) is 5.43. The maximum Gasteiger partial charge on any atom is 0.407 e. The van der Waals surface area contributed by atoms with Crippen LogP contribution >= 0.6 is 15.9 Å². The SMILES string of the molecule is CC(C)(C)OC(=O)NC1C[C@@H](CO)N(c2cc(Br)ccc2N)C1. The molecule has 1 fully saturated rings. The molecule has 1 heterocycles. The van der Waals surface area contributed by atoms with Crippen molar-refractivity contribution in [2.75, 3.05) is 23.8 Å². The third-order valence-corrected chi connectivity index (χ3v) is 4.14. The van der Waals surface area contributed by atoms with E-state index in [1.54, 1.807) is 0 Å². The molecule has 1 saturated heterocycles. The van der Waals surface area contributed by atoms with Gasteiger partial charge >= 0.3 is 6.09 Å². The standard InChI is InChI=1S/C16H24BrN3O3/c1-16(2,3)23-15(22)19-11-7-12(9-21)20(8-11)14-6-10(17)4-5-13(14)18/h4-6,11-12,21H,7-9,18H2,1-3H3,(H,19,22)/t11?,12-/m0/s1. The van der Waals surface area contributed by atoms with E-state index in [9.17, 15) is 9.90 Å². The molecule has 0 bridgehead atoms. The Morgan fingerprint density at radius 3 is 2.83 bits per heavy atom. The molecular formula is C16H24BrN3O3. The number of nitrogen functional groups attached to an aromatic ring is 1. The van der Waals surface area contributed by atoms with Gasteiger partial charge in [0.15, 0.2) is 0 Å². The summed E-state index contributed by atoms with van der Waals surface area (Å²) in [6.07, 6.45) is 0.199. The zero-order valence-corrected chi connectivity index (χ0v) is 15.3. The minimum atomic E-state index is -0.534. The van der Waals surface area contributed by atoms with Gasteiger partial charge in [0, 0.05) is 11.0 Å². The van der Waals surface area contributed by atoms with Gasteiger partial charge in [-0.15, -0.1) is 0 Å². The van der Waals surface area contributed by atoms with Crippen LogP contribution in [0.5, 0.6) is 0 Å². The topological polar surface area (TPSA) is 87.8 Å². The normalized spacial score (nSPS) is 21.3. The molecule has 1 aliphatic heterocycles. The Morgan fingerprint density at radius 2 is 2.22 bits per heavy atom. The summed E-state index contributed by atoms with van der Waals surface area (Å²) in [6.45, 7) is 6.05. The number of benzene rings is 1. The van der Waals surface area contributed by atoms with E-state index in [4.69, 9.17) is 10.5 Å². The summed E-state index contributed by atoms with van der Waals surface area (Å²) in [5.41, 5.74) is 7.02. The molecule has 1 aromatic carbocycles. The molecule has 1 unspecified atom stereocenters. The largest absolute Gasteiger partial charge is 0.444 e. The number of ether oxygens (including phenoxy) is 1. The number of carbonyl (C=O) groups is 1. The Kier molecular flexibility index (Phi) is 5.41. The molecule has 0 spiro atoms. The molecule has 0 saturated carbocycles. The van der Waals surface area contributed by atoms with E-state index in [2.05, 4.69) is 21.2 Å². The van der Waals surface area contributed by atoms with Crippen molar-refractivity contribution in [2.45, 2.75) is 44.9 Å². The highest BCUT2D eigenvalue weighted by Crippen LogP contribution is 2.32. The molecule has 2 atom stereocenters. The third kappa shape index (κ3) is 4.75. The number of amides is 1. The smallest absolute Gasteiger partial charge is 0.407 e. The molecule has 1 aromatic rings. The van der Waals surface area contributed by atoms with Crippen LogP contribution < -0.4 is 16.0 Å². The van der Waals surface area contributed by atoms with Crippen LogP contribution in [0.15, 0.2) is 22.7 Å². The van der Waals surface area contributed by atoms with E-state index in [-0.39, 0.29) is 18.7 Å². The maximum absolute atomic E-state index is 11.9. The first-order valence-corrected chi connectivity index (χ1v) is 8.41. The molecular weight excluding hydrogens is 362 g/mol. The van der Waals surface area contributed by atoms with Gasteiger partial charge in [-0.2, -0.15) is 0 Å². The quantitative estimate of drug-likeness (QED) is 0.695. The molecule has 6 nitrogen and oxygen atoms in total. The first-order chi connectivity index (χ1) is 10.7. The molecule has 0 radical (unpaired) electrons. The number of nitrogens with one attached hydrogen (secondary N) is 1. The van der Waals surface area contributed by atoms with Crippen molar-refractivity contribution < 1.29 is 14.6 Å². The lowest BCUT2D eigenvalue weighted by Crippen LogP contribution is -2.40. The van der Waals surface area contributed by atoms with Gasteiger partial charge in [0.1, 0.15) is 5.60 Å². The summed E-state index contributed by atoms with van der Waals surface area (Å²) in [5, 5.41) is 12.5. The molecule has 2 rings (SSSR count). The minimum absolute atomic E-state index is 0.00154. The number of halogens is 1. The highest BCUT2D eigenvalue weighted by molar-refractivity contribution is 9.10. The summed E-state index contributed by atoms with van der Waals surface area (Å²) in [4.78, 5) is 14.0. The summed E-state index contributed by atoms with van der Waals surface area (Å²) < 4.78 is 6.21. The number of aliphatic hydroxyl groups is 1. The van der Waals surface area contributed by atoms with E-state index in [0.717, 1.165) is 10.2 Å². The monoisotopic (exact) mass is 385 g/mol. The second-order valence-corrected chi connectivity index (χ2v) is 7.69. The van der Waals surface area contributed by atoms with Gasteiger partial charge in [-0.25, -0.2) is 4.79 Å². The number of rotatable bonds is 3. The minimum Gasteiger partial charge on any atom is -0.444 e. The Balaban J connectivity index is 2.08. The second kappa shape index (κ2) is 6.97. The van der Waals surface area contributed by atoms with E-state index >= 15 is 0 Å². The summed E-state index contributed by atoms with van der Waals surface area (Å²) >= 11 is 3.44. The predicted octanol–water partition coefficient (Wildman–Crippen LogP) is 2.50. The number of hydrogen-bond donors (Lipinski definition) is 3. The van der Waals surface area contributed by atoms with Crippen LogP contribution in [-0.4, -0.2) is 42.0 Å². The summed E-state index contributed by atoms with van der Waals surface area (Å²) in [5.74, 6) is 0. The van der Waals surface area contributed by atoms with Crippen LogP contribution in [-0.2, 0) is 4.74 Å². The van der Waals surface area contributed by atoms with Crippen molar-refractivity contribution in [3.05, 3.63) is 22.7 Å². The van der Waals surface area contributed by atoms with Crippen molar-refractivity contribution in [1.82, 2.24) is 5.32 Å². The van der Waals surface area contributed by atoms with Gasteiger partial charge in [-0.05, 0) is 45.4 Å².